The van der Waals surface area contributed by atoms with Gasteiger partial charge in [-0.2, -0.15) is 0 Å². The zero-order chi connectivity index (χ0) is 10.2. The van der Waals surface area contributed by atoms with E-state index < -0.39 is 0 Å². The fourth-order valence-electron chi connectivity index (χ4n) is 1.88. The summed E-state index contributed by atoms with van der Waals surface area (Å²) >= 11 is 0. The molecule has 0 aliphatic carbocycles. The van der Waals surface area contributed by atoms with E-state index in [9.17, 15) is 0 Å². The van der Waals surface area contributed by atoms with Gasteiger partial charge in [0.25, 0.3) is 0 Å². The van der Waals surface area contributed by atoms with E-state index >= 15 is 0 Å². The van der Waals surface area contributed by atoms with E-state index in [2.05, 4.69) is 33.4 Å². The summed E-state index contributed by atoms with van der Waals surface area (Å²) in [4.78, 5) is 0. The van der Waals surface area contributed by atoms with Crippen LogP contribution in [0.1, 0.15) is 65.7 Å². The molecule has 0 bridgehead atoms. The quantitative estimate of drug-likeness (QED) is 0.466. The van der Waals surface area contributed by atoms with Gasteiger partial charge in [-0.25, -0.2) is 0 Å². The maximum absolute atomic E-state index is 4.01. The molecule has 0 aromatic heterocycles. The molecule has 78 valence electrons. The van der Waals surface area contributed by atoms with Crippen LogP contribution in [0.5, 0.6) is 0 Å². The van der Waals surface area contributed by atoms with E-state index in [4.69, 9.17) is 0 Å². The Morgan fingerprint density at radius 3 is 1.69 bits per heavy atom. The first-order chi connectivity index (χ1) is 6.24. The molecule has 0 spiro atoms. The molecule has 0 rings (SSSR count). The van der Waals surface area contributed by atoms with E-state index in [0.717, 1.165) is 0 Å². The van der Waals surface area contributed by atoms with E-state index in [1.807, 2.05) is 0 Å². The van der Waals surface area contributed by atoms with E-state index in [0.29, 0.717) is 5.41 Å². The molecule has 0 unspecified atom stereocenters. The van der Waals surface area contributed by atoms with Crippen LogP contribution in [0.25, 0.3) is 0 Å². The summed E-state index contributed by atoms with van der Waals surface area (Å²) in [7, 11) is 0. The van der Waals surface area contributed by atoms with Crippen molar-refractivity contribution >= 4 is 0 Å². The van der Waals surface area contributed by atoms with Crippen molar-refractivity contribution in [3.63, 3.8) is 0 Å². The third-order valence-corrected chi connectivity index (χ3v) is 3.19. The van der Waals surface area contributed by atoms with Crippen LogP contribution in [0.4, 0.5) is 0 Å². The molecule has 0 saturated carbocycles. The Morgan fingerprint density at radius 2 is 1.46 bits per heavy atom. The molecule has 0 aromatic carbocycles. The lowest BCUT2D eigenvalue weighted by Crippen LogP contribution is -2.16. The number of hydrogen-bond acceptors (Lipinski definition) is 0. The number of allylic oxidation sites excluding steroid dienone is 1. The summed E-state index contributed by atoms with van der Waals surface area (Å²) in [5.74, 6) is 0. The highest BCUT2D eigenvalue weighted by Crippen LogP contribution is 2.35. The van der Waals surface area contributed by atoms with E-state index in [1.54, 1.807) is 0 Å². The van der Waals surface area contributed by atoms with Crippen LogP contribution in [0.2, 0.25) is 0 Å². The van der Waals surface area contributed by atoms with Gasteiger partial charge in [0.2, 0.25) is 0 Å². The van der Waals surface area contributed by atoms with Crippen LogP contribution >= 0.6 is 0 Å². The van der Waals surface area contributed by atoms with Crippen molar-refractivity contribution in [1.29, 1.82) is 0 Å². The van der Waals surface area contributed by atoms with Crippen LogP contribution in [0.15, 0.2) is 12.7 Å². The van der Waals surface area contributed by atoms with Crippen LogP contribution in [-0.4, -0.2) is 0 Å². The Balaban J connectivity index is 4.04. The van der Waals surface area contributed by atoms with Crippen LogP contribution in [0, 0.1) is 5.41 Å². The van der Waals surface area contributed by atoms with Gasteiger partial charge in [0.15, 0.2) is 0 Å². The van der Waals surface area contributed by atoms with Crippen molar-refractivity contribution < 1.29 is 0 Å². The van der Waals surface area contributed by atoms with Crippen molar-refractivity contribution in [3.8, 4) is 0 Å². The van der Waals surface area contributed by atoms with Gasteiger partial charge in [-0.1, -0.05) is 52.5 Å². The molecule has 0 heteroatoms. The standard InChI is InChI=1S/C13H26/c1-5-9-11-13(7-3,8-4)12-10-6-2/h7H,3,5-6,8-12H2,1-2,4H3. The van der Waals surface area contributed by atoms with Crippen LogP contribution in [0.3, 0.4) is 0 Å². The second kappa shape index (κ2) is 7.17. The van der Waals surface area contributed by atoms with Crippen molar-refractivity contribution in [2.24, 2.45) is 5.41 Å². The molecule has 13 heavy (non-hydrogen) atoms. The van der Waals surface area contributed by atoms with Crippen molar-refractivity contribution in [2.75, 3.05) is 0 Å². The largest absolute Gasteiger partial charge is 0.103 e. The summed E-state index contributed by atoms with van der Waals surface area (Å²) in [6.07, 6.45) is 11.5. The van der Waals surface area contributed by atoms with Gasteiger partial charge >= 0.3 is 0 Å². The Kier molecular flexibility index (Phi) is 7.03. The lowest BCUT2D eigenvalue weighted by Gasteiger charge is -2.29. The zero-order valence-electron chi connectivity index (χ0n) is 9.73. The van der Waals surface area contributed by atoms with E-state index in [-0.39, 0.29) is 0 Å². The molecule has 0 fully saturated rings. The molecule has 0 amide bonds. The van der Waals surface area contributed by atoms with Gasteiger partial charge in [-0.05, 0) is 24.7 Å². The van der Waals surface area contributed by atoms with Gasteiger partial charge in [-0.3, -0.25) is 0 Å². The fourth-order valence-corrected chi connectivity index (χ4v) is 1.88. The minimum Gasteiger partial charge on any atom is -0.103 e. The number of hydrogen-bond donors (Lipinski definition) is 0. The number of unbranched alkanes of at least 4 members (excludes halogenated alkanes) is 2. The summed E-state index contributed by atoms with van der Waals surface area (Å²) < 4.78 is 0. The first-order valence-corrected chi connectivity index (χ1v) is 5.88. The molecule has 0 heterocycles. The monoisotopic (exact) mass is 182 g/mol. The van der Waals surface area contributed by atoms with Crippen LogP contribution in [-0.2, 0) is 0 Å². The van der Waals surface area contributed by atoms with Crippen LogP contribution < -0.4 is 0 Å². The molecular formula is C13H26. The Labute approximate surface area is 84.4 Å². The average Bonchev–Trinajstić information content (AvgIpc) is 2.20. The molecule has 0 atom stereocenters. The first-order valence-electron chi connectivity index (χ1n) is 5.88. The first kappa shape index (κ1) is 12.7. The molecule has 0 aliphatic rings. The molecule has 0 aromatic rings. The Hall–Kier alpha value is -0.260. The van der Waals surface area contributed by atoms with Gasteiger partial charge in [0.1, 0.15) is 0 Å². The highest BCUT2D eigenvalue weighted by molar-refractivity contribution is 4.93. The minimum atomic E-state index is 0.450. The molecule has 0 saturated heterocycles. The normalized spacial score (nSPS) is 11.6. The molecule has 0 aliphatic heterocycles. The lowest BCUT2D eigenvalue weighted by atomic mass is 9.76. The predicted octanol–water partition coefficient (Wildman–Crippen LogP) is 4.95. The SMILES string of the molecule is C=CC(CC)(CCCC)CCCC. The van der Waals surface area contributed by atoms with E-state index in [1.165, 1.54) is 44.9 Å². The average molecular weight is 182 g/mol. The highest BCUT2D eigenvalue weighted by atomic mass is 14.3. The summed E-state index contributed by atoms with van der Waals surface area (Å²) in [6.45, 7) is 10.8. The summed E-state index contributed by atoms with van der Waals surface area (Å²) in [5, 5.41) is 0. The lowest BCUT2D eigenvalue weighted by molar-refractivity contribution is 0.292. The van der Waals surface area contributed by atoms with Crippen molar-refractivity contribution in [2.45, 2.75) is 65.7 Å². The highest BCUT2D eigenvalue weighted by Gasteiger charge is 2.22. The zero-order valence-corrected chi connectivity index (χ0v) is 9.73. The summed E-state index contributed by atoms with van der Waals surface area (Å²) in [5.41, 5.74) is 0.450. The summed E-state index contributed by atoms with van der Waals surface area (Å²) in [6, 6.07) is 0. The van der Waals surface area contributed by atoms with Gasteiger partial charge in [-0.15, -0.1) is 6.58 Å². The Morgan fingerprint density at radius 1 is 1.00 bits per heavy atom. The second-order valence-corrected chi connectivity index (χ2v) is 4.13. The topological polar surface area (TPSA) is 0 Å². The third-order valence-electron chi connectivity index (χ3n) is 3.19. The minimum absolute atomic E-state index is 0.450. The molecule has 0 nitrogen and oxygen atoms in total. The molecule has 0 radical (unpaired) electrons. The molecular weight excluding hydrogens is 156 g/mol. The fraction of sp³-hybridized carbons (Fsp3) is 0.846. The third kappa shape index (κ3) is 4.50. The van der Waals surface area contributed by atoms with Gasteiger partial charge in [0.05, 0.1) is 0 Å². The van der Waals surface area contributed by atoms with Gasteiger partial charge < -0.3 is 0 Å². The van der Waals surface area contributed by atoms with Crippen molar-refractivity contribution in [1.82, 2.24) is 0 Å². The van der Waals surface area contributed by atoms with Gasteiger partial charge in [0, 0.05) is 0 Å². The Bertz CT molecular complexity index is 116. The number of rotatable bonds is 8. The maximum atomic E-state index is 4.01. The van der Waals surface area contributed by atoms with Crippen molar-refractivity contribution in [3.05, 3.63) is 12.7 Å². The smallest absolute Gasteiger partial charge is 0.0124 e. The second-order valence-electron chi connectivity index (χ2n) is 4.13. The predicted molar refractivity (Wildman–Crippen MR) is 62.0 cm³/mol. The molecule has 0 N–H and O–H groups in total. The maximum Gasteiger partial charge on any atom is -0.0124 e.